The summed E-state index contributed by atoms with van der Waals surface area (Å²) in [5, 5.41) is 0. The molecule has 0 aromatic rings. The van der Waals surface area contributed by atoms with E-state index in [9.17, 15) is 0 Å². The van der Waals surface area contributed by atoms with Crippen molar-refractivity contribution in [1.82, 2.24) is 0 Å². The fraction of sp³-hybridized carbons (Fsp3) is 1.00. The fourth-order valence-electron chi connectivity index (χ4n) is 2.55. The van der Waals surface area contributed by atoms with E-state index in [0.717, 1.165) is 0 Å². The molecule has 0 spiro atoms. The summed E-state index contributed by atoms with van der Waals surface area (Å²) in [6, 6.07) is 0. The maximum atomic E-state index is 2.62. The number of hydrogen-bond acceptors (Lipinski definition) is 1. The van der Waals surface area contributed by atoms with Crippen LogP contribution in [0.4, 0.5) is 0 Å². The summed E-state index contributed by atoms with van der Waals surface area (Å²) < 4.78 is 0. The standard InChI is InChI=1S/C10H26S2Si2/c1-13(2,3)12(14(4,5)6)10-8-7-9-11-12/h7-10H2,1-6H3. The van der Waals surface area contributed by atoms with Crippen LogP contribution in [0.2, 0.25) is 39.3 Å². The molecule has 1 saturated heterocycles. The van der Waals surface area contributed by atoms with Gasteiger partial charge in [0, 0.05) is 5.75 Å². The Hall–Kier alpha value is 1.13. The van der Waals surface area contributed by atoms with Crippen LogP contribution in [0.15, 0.2) is 0 Å². The largest absolute Gasteiger partial charge is 0.218 e. The molecule has 1 fully saturated rings. The Morgan fingerprint density at radius 1 is 0.857 bits per heavy atom. The van der Waals surface area contributed by atoms with Gasteiger partial charge in [-0.2, -0.15) is 0 Å². The average Bonchev–Trinajstić information content (AvgIpc) is 2.02. The number of hydrogen-bond donors (Lipinski definition) is 0. The lowest BCUT2D eigenvalue weighted by atomic mass is 10.4. The molecule has 86 valence electrons. The Bertz CT molecular complexity index is 181. The van der Waals surface area contributed by atoms with Gasteiger partial charge in [-0.15, -0.1) is 10.8 Å². The SMILES string of the molecule is C[Si](C)(C)S1([Si](C)(C)C)CCCCS1. The van der Waals surface area contributed by atoms with Crippen LogP contribution >= 0.6 is 18.8 Å². The maximum Gasteiger partial charge on any atom is 0.0943 e. The highest BCUT2D eigenvalue weighted by Gasteiger charge is 2.48. The van der Waals surface area contributed by atoms with E-state index in [1.165, 1.54) is 18.6 Å². The second kappa shape index (κ2) is 4.19. The molecule has 0 unspecified atom stereocenters. The fourth-order valence-corrected chi connectivity index (χ4v) is 46.1. The van der Waals surface area contributed by atoms with Crippen LogP contribution in [0.1, 0.15) is 12.8 Å². The molecule has 1 aliphatic heterocycles. The van der Waals surface area contributed by atoms with E-state index in [4.69, 9.17) is 0 Å². The zero-order valence-electron chi connectivity index (χ0n) is 10.6. The van der Waals surface area contributed by atoms with Crippen molar-refractivity contribution in [1.29, 1.82) is 0 Å². The van der Waals surface area contributed by atoms with Gasteiger partial charge in [-0.3, -0.25) is 0 Å². The zero-order valence-corrected chi connectivity index (χ0v) is 14.3. The molecule has 0 N–H and O–H groups in total. The highest BCUT2D eigenvalue weighted by atomic mass is 33.3. The van der Waals surface area contributed by atoms with Crippen LogP contribution < -0.4 is 0 Å². The van der Waals surface area contributed by atoms with E-state index in [0.29, 0.717) is 0 Å². The lowest BCUT2D eigenvalue weighted by molar-refractivity contribution is 0.903. The van der Waals surface area contributed by atoms with Crippen LogP contribution in [0.25, 0.3) is 0 Å². The van der Waals surface area contributed by atoms with Crippen molar-refractivity contribution >= 4 is 33.2 Å². The summed E-state index contributed by atoms with van der Waals surface area (Å²) >= 11 is 0. The van der Waals surface area contributed by atoms with Gasteiger partial charge in [-0.1, -0.05) is 39.3 Å². The smallest absolute Gasteiger partial charge is 0.0943 e. The van der Waals surface area contributed by atoms with Gasteiger partial charge in [0.15, 0.2) is 0 Å². The lowest BCUT2D eigenvalue weighted by Gasteiger charge is -2.58. The van der Waals surface area contributed by atoms with E-state index in [2.05, 4.69) is 50.1 Å². The van der Waals surface area contributed by atoms with Gasteiger partial charge in [0.1, 0.15) is 0 Å². The highest BCUT2D eigenvalue weighted by molar-refractivity contribution is 9.15. The van der Waals surface area contributed by atoms with Crippen molar-refractivity contribution < 1.29 is 0 Å². The quantitative estimate of drug-likeness (QED) is 0.506. The molecule has 0 radical (unpaired) electrons. The van der Waals surface area contributed by atoms with Gasteiger partial charge in [0.25, 0.3) is 0 Å². The third-order valence-corrected chi connectivity index (χ3v) is 46.2. The molecule has 0 aromatic carbocycles. The van der Waals surface area contributed by atoms with Crippen molar-refractivity contribution in [2.75, 3.05) is 11.5 Å². The molecule has 1 aliphatic rings. The molecule has 1 rings (SSSR count). The minimum absolute atomic E-state index is 0.236. The molecule has 0 aliphatic carbocycles. The van der Waals surface area contributed by atoms with E-state index in [-0.39, 0.29) is 7.96 Å². The summed E-state index contributed by atoms with van der Waals surface area (Å²) in [6.07, 6.45) is 3.01. The van der Waals surface area contributed by atoms with Gasteiger partial charge in [-0.25, -0.2) is 7.96 Å². The van der Waals surface area contributed by atoms with Crippen LogP contribution in [-0.4, -0.2) is 26.0 Å². The molecule has 0 bridgehead atoms. The predicted octanol–water partition coefficient (Wildman–Crippen LogP) is 4.90. The Labute approximate surface area is 96.6 Å². The minimum atomic E-state index is -0.934. The summed E-state index contributed by atoms with van der Waals surface area (Å²) in [5.41, 5.74) is 0. The zero-order chi connectivity index (χ0) is 11.0. The molecule has 0 aromatic heterocycles. The Morgan fingerprint density at radius 3 is 1.57 bits per heavy atom. The first kappa shape index (κ1) is 13.2. The van der Waals surface area contributed by atoms with Crippen LogP contribution in [-0.2, 0) is 0 Å². The lowest BCUT2D eigenvalue weighted by Crippen LogP contribution is -2.45. The van der Waals surface area contributed by atoms with Gasteiger partial charge in [0.2, 0.25) is 0 Å². The molecular formula is C10H26S2Si2. The molecule has 4 heteroatoms. The molecular weight excluding hydrogens is 240 g/mol. The monoisotopic (exact) mass is 266 g/mol. The van der Waals surface area contributed by atoms with E-state index in [1.54, 1.807) is 5.75 Å². The molecule has 0 nitrogen and oxygen atoms in total. The second-order valence-corrected chi connectivity index (χ2v) is 33.9. The summed E-state index contributed by atoms with van der Waals surface area (Å²) in [7, 11) is 0.328. The van der Waals surface area contributed by atoms with E-state index < -0.39 is 14.4 Å². The predicted molar refractivity (Wildman–Crippen MR) is 80.8 cm³/mol. The van der Waals surface area contributed by atoms with Crippen LogP contribution in [0.5, 0.6) is 0 Å². The summed E-state index contributed by atoms with van der Waals surface area (Å²) in [5.74, 6) is 3.06. The van der Waals surface area contributed by atoms with Crippen LogP contribution in [0.3, 0.4) is 0 Å². The number of rotatable bonds is 2. The average molecular weight is 267 g/mol. The van der Waals surface area contributed by atoms with Crippen molar-refractivity contribution in [3.05, 3.63) is 0 Å². The van der Waals surface area contributed by atoms with E-state index >= 15 is 0 Å². The maximum absolute atomic E-state index is 2.62. The van der Waals surface area contributed by atoms with Gasteiger partial charge in [-0.05, 0) is 18.6 Å². The highest BCUT2D eigenvalue weighted by Crippen LogP contribution is 2.74. The molecule has 0 saturated carbocycles. The first-order valence-corrected chi connectivity index (χ1v) is 17.4. The second-order valence-electron chi connectivity index (χ2n) is 6.13. The first-order valence-electron chi connectivity index (χ1n) is 5.65. The van der Waals surface area contributed by atoms with Crippen molar-refractivity contribution in [2.45, 2.75) is 52.1 Å². The van der Waals surface area contributed by atoms with Gasteiger partial charge >= 0.3 is 0 Å². The minimum Gasteiger partial charge on any atom is -0.218 e. The van der Waals surface area contributed by atoms with Crippen LogP contribution in [0, 0.1) is 0 Å². The van der Waals surface area contributed by atoms with E-state index in [1.807, 2.05) is 0 Å². The normalized spacial score (nSPS) is 25.9. The van der Waals surface area contributed by atoms with Crippen molar-refractivity contribution in [3.8, 4) is 0 Å². The Balaban J connectivity index is 3.01. The van der Waals surface area contributed by atoms with Gasteiger partial charge < -0.3 is 0 Å². The molecule has 0 amide bonds. The van der Waals surface area contributed by atoms with Crippen molar-refractivity contribution in [3.63, 3.8) is 0 Å². The van der Waals surface area contributed by atoms with Crippen molar-refractivity contribution in [2.24, 2.45) is 0 Å². The third kappa shape index (κ3) is 2.28. The Kier molecular flexibility index (Phi) is 3.95. The van der Waals surface area contributed by atoms with Gasteiger partial charge in [0.05, 0.1) is 14.4 Å². The summed E-state index contributed by atoms with van der Waals surface area (Å²) in [4.78, 5) is 0. The molecule has 14 heavy (non-hydrogen) atoms. The molecule has 0 atom stereocenters. The topological polar surface area (TPSA) is 0 Å². The molecule has 1 heterocycles. The third-order valence-electron chi connectivity index (χ3n) is 3.09. The Morgan fingerprint density at radius 2 is 1.36 bits per heavy atom. The first-order chi connectivity index (χ1) is 6.21. The summed E-state index contributed by atoms with van der Waals surface area (Å²) in [6.45, 7) is 15.7.